The summed E-state index contributed by atoms with van der Waals surface area (Å²) in [6.45, 7) is 4.10. The Kier molecular flexibility index (Phi) is 9.57. The number of carbonyl (C=O) groups is 1. The van der Waals surface area contributed by atoms with Crippen LogP contribution < -0.4 is 10.1 Å². The molecule has 0 aromatic heterocycles. The molecule has 1 amide bonds. The van der Waals surface area contributed by atoms with Crippen LogP contribution >= 0.6 is 0 Å². The number of halogens is 3. The summed E-state index contributed by atoms with van der Waals surface area (Å²) in [5.41, 5.74) is 0. The van der Waals surface area contributed by atoms with Crippen molar-refractivity contribution in [2.45, 2.75) is 50.3 Å². The van der Waals surface area contributed by atoms with Crippen LogP contribution in [0.5, 0.6) is 5.75 Å². The van der Waals surface area contributed by atoms with Gasteiger partial charge in [-0.25, -0.2) is 8.42 Å². The third kappa shape index (κ3) is 8.30. The van der Waals surface area contributed by atoms with Crippen LogP contribution in [0.4, 0.5) is 13.2 Å². The van der Waals surface area contributed by atoms with Gasteiger partial charge in [-0.1, -0.05) is 19.4 Å². The minimum Gasteiger partial charge on any atom is -0.406 e. The molecule has 7 nitrogen and oxygen atoms in total. The molecule has 1 aliphatic heterocycles. The summed E-state index contributed by atoms with van der Waals surface area (Å²) in [6.07, 6.45) is -1.44. The number of nitrogens with zero attached hydrogens (tertiary/aromatic N) is 1. The Balaban J connectivity index is 1.82. The Morgan fingerprint density at radius 3 is 2.52 bits per heavy atom. The summed E-state index contributed by atoms with van der Waals surface area (Å²) < 4.78 is 73.2. The highest BCUT2D eigenvalue weighted by Crippen LogP contribution is 2.28. The van der Waals surface area contributed by atoms with E-state index >= 15 is 0 Å². The molecule has 176 valence electrons. The lowest BCUT2D eigenvalue weighted by atomic mass is 9.97. The zero-order valence-corrected chi connectivity index (χ0v) is 18.3. The predicted molar refractivity (Wildman–Crippen MR) is 108 cm³/mol. The number of carbonyl (C=O) groups excluding carboxylic acids is 1. The molecule has 11 heteroatoms. The van der Waals surface area contributed by atoms with Gasteiger partial charge >= 0.3 is 6.36 Å². The number of piperidine rings is 1. The summed E-state index contributed by atoms with van der Waals surface area (Å²) in [4.78, 5) is 12.0. The number of alkyl halides is 3. The van der Waals surface area contributed by atoms with E-state index in [-0.39, 0.29) is 29.8 Å². The second kappa shape index (κ2) is 11.7. The molecule has 2 rings (SSSR count). The molecule has 0 saturated carbocycles. The van der Waals surface area contributed by atoms with E-state index in [9.17, 15) is 26.4 Å². The van der Waals surface area contributed by atoms with Crippen LogP contribution in [-0.4, -0.2) is 57.8 Å². The van der Waals surface area contributed by atoms with E-state index < -0.39 is 22.1 Å². The molecule has 1 N–H and O–H groups in total. The molecule has 0 radical (unpaired) electrons. The molecule has 31 heavy (non-hydrogen) atoms. The molecular weight excluding hydrogens is 437 g/mol. The number of unbranched alkanes of at least 4 members (excludes halogenated alkanes) is 1. The first-order valence-corrected chi connectivity index (χ1v) is 11.8. The summed E-state index contributed by atoms with van der Waals surface area (Å²) in [5.74, 6) is -1.01. The number of sulfonamides is 1. The molecule has 1 aromatic rings. The molecule has 0 spiro atoms. The predicted octanol–water partition coefficient (Wildman–Crippen LogP) is 3.31. The molecule has 0 unspecified atom stereocenters. The maximum Gasteiger partial charge on any atom is 0.573 e. The SMILES string of the molecule is CCCCOCCCNC(=O)C1CCN(S(=O)(=O)c2cccc(OC(F)(F)F)c2)CC1. The van der Waals surface area contributed by atoms with E-state index in [0.717, 1.165) is 25.0 Å². The third-order valence-electron chi connectivity index (χ3n) is 4.91. The Morgan fingerprint density at radius 2 is 1.87 bits per heavy atom. The van der Waals surface area contributed by atoms with Gasteiger partial charge in [0.1, 0.15) is 5.75 Å². The lowest BCUT2D eigenvalue weighted by Crippen LogP contribution is -2.43. The normalized spacial score (nSPS) is 16.3. The fourth-order valence-electron chi connectivity index (χ4n) is 3.22. The van der Waals surface area contributed by atoms with Gasteiger partial charge < -0.3 is 14.8 Å². The van der Waals surface area contributed by atoms with Crippen molar-refractivity contribution in [1.29, 1.82) is 0 Å². The van der Waals surface area contributed by atoms with Crippen molar-refractivity contribution in [2.75, 3.05) is 32.8 Å². The van der Waals surface area contributed by atoms with Crippen molar-refractivity contribution in [2.24, 2.45) is 5.92 Å². The van der Waals surface area contributed by atoms with Gasteiger partial charge in [-0.2, -0.15) is 4.31 Å². The van der Waals surface area contributed by atoms with E-state index in [1.165, 1.54) is 16.4 Å². The molecule has 1 aromatic carbocycles. The molecule has 1 aliphatic rings. The Morgan fingerprint density at radius 1 is 1.19 bits per heavy atom. The minimum absolute atomic E-state index is 0.116. The highest BCUT2D eigenvalue weighted by Gasteiger charge is 2.34. The number of ether oxygens (including phenoxy) is 2. The minimum atomic E-state index is -4.91. The van der Waals surface area contributed by atoms with Crippen LogP contribution in [0.1, 0.15) is 39.0 Å². The first-order chi connectivity index (χ1) is 14.6. The van der Waals surface area contributed by atoms with E-state index in [1.54, 1.807) is 0 Å². The molecule has 1 fully saturated rings. The maximum absolute atomic E-state index is 12.8. The van der Waals surface area contributed by atoms with Crippen LogP contribution in [0.15, 0.2) is 29.2 Å². The monoisotopic (exact) mass is 466 g/mol. The molecule has 0 aliphatic carbocycles. The fraction of sp³-hybridized carbons (Fsp3) is 0.650. The largest absolute Gasteiger partial charge is 0.573 e. The molecule has 1 heterocycles. The lowest BCUT2D eigenvalue weighted by molar-refractivity contribution is -0.274. The van der Waals surface area contributed by atoms with E-state index in [0.29, 0.717) is 39.0 Å². The van der Waals surface area contributed by atoms with Crippen molar-refractivity contribution in [3.63, 3.8) is 0 Å². The Hall–Kier alpha value is -1.85. The van der Waals surface area contributed by atoms with Crippen molar-refractivity contribution in [1.82, 2.24) is 9.62 Å². The average Bonchev–Trinajstić information content (AvgIpc) is 2.72. The van der Waals surface area contributed by atoms with Gasteiger partial charge in [-0.05, 0) is 37.8 Å². The van der Waals surface area contributed by atoms with Gasteiger partial charge in [-0.3, -0.25) is 4.79 Å². The van der Waals surface area contributed by atoms with Crippen molar-refractivity contribution < 1.29 is 35.9 Å². The van der Waals surface area contributed by atoms with Crippen molar-refractivity contribution in [3.05, 3.63) is 24.3 Å². The van der Waals surface area contributed by atoms with Gasteiger partial charge in [0.25, 0.3) is 0 Å². The van der Waals surface area contributed by atoms with Crippen molar-refractivity contribution >= 4 is 15.9 Å². The first kappa shape index (κ1) is 25.4. The smallest absolute Gasteiger partial charge is 0.406 e. The van der Waals surface area contributed by atoms with Crippen LogP contribution in [0.25, 0.3) is 0 Å². The zero-order valence-electron chi connectivity index (χ0n) is 17.5. The van der Waals surface area contributed by atoms with Gasteiger partial charge in [0, 0.05) is 44.8 Å². The summed E-state index contributed by atoms with van der Waals surface area (Å²) in [7, 11) is -3.98. The summed E-state index contributed by atoms with van der Waals surface area (Å²) in [6, 6.07) is 4.31. The summed E-state index contributed by atoms with van der Waals surface area (Å²) in [5, 5.41) is 2.85. The number of rotatable bonds is 11. The van der Waals surface area contributed by atoms with Gasteiger partial charge in [0.05, 0.1) is 4.90 Å². The quantitative estimate of drug-likeness (QED) is 0.506. The molecule has 0 bridgehead atoms. The topological polar surface area (TPSA) is 84.9 Å². The maximum atomic E-state index is 12.8. The van der Waals surface area contributed by atoms with Crippen LogP contribution in [0.2, 0.25) is 0 Å². The van der Waals surface area contributed by atoms with E-state index in [4.69, 9.17) is 4.74 Å². The van der Waals surface area contributed by atoms with Gasteiger partial charge in [0.15, 0.2) is 0 Å². The average molecular weight is 467 g/mol. The highest BCUT2D eigenvalue weighted by molar-refractivity contribution is 7.89. The molecule has 0 atom stereocenters. The number of amides is 1. The first-order valence-electron chi connectivity index (χ1n) is 10.3. The molecular formula is C20H29F3N2O5S. The Labute approximate surface area is 180 Å². The lowest BCUT2D eigenvalue weighted by Gasteiger charge is -2.30. The summed E-state index contributed by atoms with van der Waals surface area (Å²) >= 11 is 0. The zero-order chi connectivity index (χ0) is 22.9. The highest BCUT2D eigenvalue weighted by atomic mass is 32.2. The van der Waals surface area contributed by atoms with Crippen LogP contribution in [0.3, 0.4) is 0 Å². The van der Waals surface area contributed by atoms with E-state index in [1.807, 2.05) is 0 Å². The number of hydrogen-bond donors (Lipinski definition) is 1. The third-order valence-corrected chi connectivity index (χ3v) is 6.80. The Bertz CT molecular complexity index is 809. The number of benzene rings is 1. The molecule has 1 saturated heterocycles. The van der Waals surface area contributed by atoms with Gasteiger partial charge in [-0.15, -0.1) is 13.2 Å². The van der Waals surface area contributed by atoms with E-state index in [2.05, 4.69) is 17.0 Å². The number of hydrogen-bond acceptors (Lipinski definition) is 5. The van der Waals surface area contributed by atoms with Gasteiger partial charge in [0.2, 0.25) is 15.9 Å². The fourth-order valence-corrected chi connectivity index (χ4v) is 4.72. The second-order valence-electron chi connectivity index (χ2n) is 7.31. The standard InChI is InChI=1S/C20H29F3N2O5S/c1-2-3-13-29-14-5-10-24-19(26)16-8-11-25(12-9-16)31(27,28)18-7-4-6-17(15-18)30-20(21,22)23/h4,6-7,15-16H,2-3,5,8-14H2,1H3,(H,24,26). The number of nitrogens with one attached hydrogen (secondary N) is 1. The van der Waals surface area contributed by atoms with Crippen LogP contribution in [0, 0.1) is 5.92 Å². The second-order valence-corrected chi connectivity index (χ2v) is 9.25. The van der Waals surface area contributed by atoms with Crippen molar-refractivity contribution in [3.8, 4) is 5.75 Å². The van der Waals surface area contributed by atoms with Crippen LogP contribution in [-0.2, 0) is 19.6 Å².